The van der Waals surface area contributed by atoms with Gasteiger partial charge in [-0.3, -0.25) is 19.0 Å². The van der Waals surface area contributed by atoms with E-state index in [9.17, 15) is 14.4 Å². The molecule has 2 heterocycles. The van der Waals surface area contributed by atoms with Crippen molar-refractivity contribution in [3.8, 4) is 0 Å². The highest BCUT2D eigenvalue weighted by atomic mass is 32.1. The molecule has 1 unspecified atom stereocenters. The molecule has 1 atom stereocenters. The molecular formula is C25H24N4O3S. The molecule has 33 heavy (non-hydrogen) atoms. The highest BCUT2D eigenvalue weighted by Gasteiger charge is 2.23. The highest BCUT2D eigenvalue weighted by Crippen LogP contribution is 2.28. The van der Waals surface area contributed by atoms with Gasteiger partial charge >= 0.3 is 0 Å². The van der Waals surface area contributed by atoms with Crippen molar-refractivity contribution in [3.05, 3.63) is 86.8 Å². The van der Waals surface area contributed by atoms with E-state index in [-0.39, 0.29) is 17.4 Å². The normalized spacial score (nSPS) is 11.9. The van der Waals surface area contributed by atoms with Crippen LogP contribution < -0.4 is 16.2 Å². The van der Waals surface area contributed by atoms with E-state index in [2.05, 4.69) is 15.6 Å². The lowest BCUT2D eigenvalue weighted by atomic mass is 10.1. The molecular weight excluding hydrogens is 436 g/mol. The van der Waals surface area contributed by atoms with Gasteiger partial charge in [0.2, 0.25) is 5.91 Å². The van der Waals surface area contributed by atoms with Gasteiger partial charge in [0, 0.05) is 11.4 Å². The number of thiophene rings is 1. The van der Waals surface area contributed by atoms with Crippen LogP contribution in [0.5, 0.6) is 0 Å². The zero-order valence-electron chi connectivity index (χ0n) is 18.8. The Morgan fingerprint density at radius 2 is 1.76 bits per heavy atom. The summed E-state index contributed by atoms with van der Waals surface area (Å²) in [4.78, 5) is 44.3. The fraction of sp³-hybridized carbons (Fsp3) is 0.200. The standard InChI is InChI=1S/C25H24N4O3S/c1-14-10-11-15(2)19(12-14)28-22(30)17(4)29-13-26-24-20(25(29)32)16(3)21(33-24)23(31)27-18-8-6-5-7-9-18/h5-13,17H,1-4H3,(H,27,31)(H,28,30). The van der Waals surface area contributed by atoms with Crippen molar-refractivity contribution in [2.75, 3.05) is 10.6 Å². The van der Waals surface area contributed by atoms with Gasteiger partial charge < -0.3 is 10.6 Å². The first-order chi connectivity index (χ1) is 15.8. The molecule has 168 valence electrons. The van der Waals surface area contributed by atoms with E-state index >= 15 is 0 Å². The SMILES string of the molecule is Cc1ccc(C)c(NC(=O)C(C)n2cnc3sc(C(=O)Nc4ccccc4)c(C)c3c2=O)c1. The Bertz CT molecular complexity index is 1420. The van der Waals surface area contributed by atoms with Crippen molar-refractivity contribution in [2.24, 2.45) is 0 Å². The zero-order chi connectivity index (χ0) is 23.7. The number of hydrogen-bond donors (Lipinski definition) is 2. The predicted octanol–water partition coefficient (Wildman–Crippen LogP) is 4.84. The molecule has 7 nitrogen and oxygen atoms in total. The van der Waals surface area contributed by atoms with Crippen LogP contribution in [0.2, 0.25) is 0 Å². The molecule has 0 aliphatic heterocycles. The van der Waals surface area contributed by atoms with Crippen molar-refractivity contribution in [3.63, 3.8) is 0 Å². The van der Waals surface area contributed by atoms with E-state index in [1.807, 2.05) is 50.2 Å². The van der Waals surface area contributed by atoms with Crippen molar-refractivity contribution in [1.29, 1.82) is 0 Å². The van der Waals surface area contributed by atoms with Crippen LogP contribution in [-0.4, -0.2) is 21.4 Å². The minimum Gasteiger partial charge on any atom is -0.324 e. The molecule has 8 heteroatoms. The minimum atomic E-state index is -0.782. The van der Waals surface area contributed by atoms with Gasteiger partial charge in [0.1, 0.15) is 10.9 Å². The maximum atomic E-state index is 13.3. The van der Waals surface area contributed by atoms with Gasteiger partial charge in [-0.25, -0.2) is 4.98 Å². The summed E-state index contributed by atoms with van der Waals surface area (Å²) in [5, 5.41) is 6.10. The Morgan fingerprint density at radius 3 is 2.48 bits per heavy atom. The van der Waals surface area contributed by atoms with E-state index in [0.717, 1.165) is 22.5 Å². The molecule has 0 spiro atoms. The summed E-state index contributed by atoms with van der Waals surface area (Å²) in [7, 11) is 0. The quantitative estimate of drug-likeness (QED) is 0.446. The Balaban J connectivity index is 1.64. The lowest BCUT2D eigenvalue weighted by Crippen LogP contribution is -2.32. The van der Waals surface area contributed by atoms with Crippen LogP contribution in [0.25, 0.3) is 10.2 Å². The number of nitrogens with one attached hydrogen (secondary N) is 2. The molecule has 2 aromatic carbocycles. The third kappa shape index (κ3) is 4.42. The Morgan fingerprint density at radius 1 is 1.03 bits per heavy atom. The third-order valence-electron chi connectivity index (χ3n) is 5.56. The molecule has 2 amide bonds. The number of rotatable bonds is 5. The van der Waals surface area contributed by atoms with E-state index in [4.69, 9.17) is 0 Å². The Hall–Kier alpha value is -3.78. The third-order valence-corrected chi connectivity index (χ3v) is 6.76. The largest absolute Gasteiger partial charge is 0.324 e. The van der Waals surface area contributed by atoms with Crippen molar-refractivity contribution in [1.82, 2.24) is 9.55 Å². The van der Waals surface area contributed by atoms with Crippen LogP contribution in [0.1, 0.15) is 39.3 Å². The molecule has 0 aliphatic carbocycles. The van der Waals surface area contributed by atoms with Crippen LogP contribution in [-0.2, 0) is 4.79 Å². The number of anilines is 2. The second-order valence-electron chi connectivity index (χ2n) is 8.00. The van der Waals surface area contributed by atoms with E-state index in [1.54, 1.807) is 26.0 Å². The molecule has 0 fully saturated rings. The summed E-state index contributed by atoms with van der Waals surface area (Å²) in [5.74, 6) is -0.616. The second kappa shape index (κ2) is 8.99. The van der Waals surface area contributed by atoms with Gasteiger partial charge in [-0.15, -0.1) is 11.3 Å². The number of aryl methyl sites for hydroxylation is 3. The molecule has 2 N–H and O–H groups in total. The number of fused-ring (bicyclic) bond motifs is 1. The maximum Gasteiger partial charge on any atom is 0.266 e. The van der Waals surface area contributed by atoms with Crippen LogP contribution in [0.3, 0.4) is 0 Å². The number of benzene rings is 2. The van der Waals surface area contributed by atoms with Gasteiger partial charge in [-0.2, -0.15) is 0 Å². The monoisotopic (exact) mass is 460 g/mol. The number of carbonyl (C=O) groups is 2. The van der Waals surface area contributed by atoms with Crippen LogP contribution in [0, 0.1) is 20.8 Å². The number of hydrogen-bond acceptors (Lipinski definition) is 5. The molecule has 0 saturated carbocycles. The number of amides is 2. The molecule has 0 aliphatic rings. The summed E-state index contributed by atoms with van der Waals surface area (Å²) in [6, 6.07) is 14.1. The molecule has 4 rings (SSSR count). The fourth-order valence-corrected chi connectivity index (χ4v) is 4.61. The number of nitrogens with zero attached hydrogens (tertiary/aromatic N) is 2. The van der Waals surface area contributed by atoms with Crippen molar-refractivity contribution < 1.29 is 9.59 Å². The van der Waals surface area contributed by atoms with Gasteiger partial charge in [0.15, 0.2) is 0 Å². The molecule has 4 aromatic rings. The minimum absolute atomic E-state index is 0.298. The average Bonchev–Trinajstić information content (AvgIpc) is 3.14. The predicted molar refractivity (Wildman–Crippen MR) is 132 cm³/mol. The highest BCUT2D eigenvalue weighted by molar-refractivity contribution is 7.20. The Labute approximate surface area is 195 Å². The molecule has 2 aromatic heterocycles. The molecule has 0 bridgehead atoms. The summed E-state index contributed by atoms with van der Waals surface area (Å²) in [6.07, 6.45) is 1.37. The lowest BCUT2D eigenvalue weighted by Gasteiger charge is -2.16. The Kier molecular flexibility index (Phi) is 6.11. The number of aromatic nitrogens is 2. The van der Waals surface area contributed by atoms with Crippen LogP contribution in [0.4, 0.5) is 11.4 Å². The van der Waals surface area contributed by atoms with Gasteiger partial charge in [0.05, 0.1) is 16.6 Å². The first-order valence-corrected chi connectivity index (χ1v) is 11.3. The van der Waals surface area contributed by atoms with Crippen LogP contribution in [0.15, 0.2) is 59.7 Å². The van der Waals surface area contributed by atoms with Crippen molar-refractivity contribution in [2.45, 2.75) is 33.7 Å². The topological polar surface area (TPSA) is 93.1 Å². The maximum absolute atomic E-state index is 13.3. The summed E-state index contributed by atoms with van der Waals surface area (Å²) in [6.45, 7) is 7.25. The fourth-order valence-electron chi connectivity index (χ4n) is 3.57. The van der Waals surface area contributed by atoms with E-state index in [1.165, 1.54) is 10.9 Å². The van der Waals surface area contributed by atoms with E-state index in [0.29, 0.717) is 32.0 Å². The smallest absolute Gasteiger partial charge is 0.266 e. The first kappa shape index (κ1) is 22.4. The second-order valence-corrected chi connectivity index (χ2v) is 9.00. The summed E-state index contributed by atoms with van der Waals surface area (Å²) >= 11 is 1.16. The van der Waals surface area contributed by atoms with Gasteiger partial charge in [-0.1, -0.05) is 30.3 Å². The lowest BCUT2D eigenvalue weighted by molar-refractivity contribution is -0.118. The van der Waals surface area contributed by atoms with Crippen LogP contribution >= 0.6 is 11.3 Å². The summed E-state index contributed by atoms with van der Waals surface area (Å²) in [5.41, 5.74) is 3.54. The van der Waals surface area contributed by atoms with E-state index < -0.39 is 6.04 Å². The number of para-hydroxylation sites is 1. The number of carbonyl (C=O) groups excluding carboxylic acids is 2. The zero-order valence-corrected chi connectivity index (χ0v) is 19.6. The van der Waals surface area contributed by atoms with Crippen molar-refractivity contribution >= 4 is 44.7 Å². The van der Waals surface area contributed by atoms with Gasteiger partial charge in [-0.05, 0) is 62.6 Å². The summed E-state index contributed by atoms with van der Waals surface area (Å²) < 4.78 is 1.31. The van der Waals surface area contributed by atoms with Gasteiger partial charge in [0.25, 0.3) is 11.5 Å². The first-order valence-electron chi connectivity index (χ1n) is 10.5. The molecule has 0 radical (unpaired) electrons. The average molecular weight is 461 g/mol. The molecule has 0 saturated heterocycles.